The summed E-state index contributed by atoms with van der Waals surface area (Å²) >= 11 is 0. The summed E-state index contributed by atoms with van der Waals surface area (Å²) in [6.07, 6.45) is 10.6. The van der Waals surface area contributed by atoms with Gasteiger partial charge in [0.25, 0.3) is 0 Å². The molecule has 1 spiro atoms. The van der Waals surface area contributed by atoms with Crippen LogP contribution in [-0.4, -0.2) is 23.6 Å². The van der Waals surface area contributed by atoms with E-state index in [1.54, 1.807) is 0 Å². The van der Waals surface area contributed by atoms with Gasteiger partial charge in [-0.25, -0.2) is 0 Å². The van der Waals surface area contributed by atoms with E-state index in [0.717, 1.165) is 5.75 Å². The van der Waals surface area contributed by atoms with E-state index in [-0.39, 0.29) is 5.60 Å². The minimum absolute atomic E-state index is 0.149. The van der Waals surface area contributed by atoms with Gasteiger partial charge in [-0.15, -0.1) is 0 Å². The van der Waals surface area contributed by atoms with Gasteiger partial charge in [0, 0.05) is 18.0 Å². The molecule has 3 aliphatic rings. The largest absolute Gasteiger partial charge is 0.487 e. The maximum absolute atomic E-state index is 6.47. The molecule has 0 N–H and O–H groups in total. The lowest BCUT2D eigenvalue weighted by molar-refractivity contribution is 0.00236. The third-order valence-corrected chi connectivity index (χ3v) is 5.52. The van der Waals surface area contributed by atoms with E-state index in [1.807, 2.05) is 0 Å². The fraction of sp³-hybridized carbons (Fsp3) is 0.667. The molecule has 1 aromatic carbocycles. The van der Waals surface area contributed by atoms with Crippen molar-refractivity contribution in [3.8, 4) is 5.75 Å². The van der Waals surface area contributed by atoms with Crippen LogP contribution in [0.1, 0.15) is 63.0 Å². The van der Waals surface area contributed by atoms with Crippen molar-refractivity contribution in [1.29, 1.82) is 0 Å². The second-order valence-corrected chi connectivity index (χ2v) is 6.85. The van der Waals surface area contributed by atoms with Crippen LogP contribution in [0, 0.1) is 0 Å². The van der Waals surface area contributed by atoms with E-state index < -0.39 is 0 Å². The van der Waals surface area contributed by atoms with Gasteiger partial charge in [-0.1, -0.05) is 24.6 Å². The number of piperidine rings is 1. The summed E-state index contributed by atoms with van der Waals surface area (Å²) in [6.45, 7) is 2.55. The van der Waals surface area contributed by atoms with Crippen molar-refractivity contribution in [1.82, 2.24) is 4.90 Å². The smallest absolute Gasteiger partial charge is 0.124 e. The van der Waals surface area contributed by atoms with Gasteiger partial charge in [-0.2, -0.15) is 0 Å². The van der Waals surface area contributed by atoms with E-state index in [1.165, 1.54) is 70.0 Å². The number of fused-ring (bicyclic) bond motifs is 1. The molecule has 20 heavy (non-hydrogen) atoms. The van der Waals surface area contributed by atoms with Gasteiger partial charge in [0.2, 0.25) is 0 Å². The molecular weight excluding hydrogens is 246 g/mol. The molecule has 0 radical (unpaired) electrons. The summed E-state index contributed by atoms with van der Waals surface area (Å²) in [4.78, 5) is 2.73. The number of nitrogens with zero attached hydrogens (tertiary/aromatic N) is 1. The lowest BCUT2D eigenvalue weighted by Crippen LogP contribution is -2.45. The fourth-order valence-electron chi connectivity index (χ4n) is 4.47. The van der Waals surface area contributed by atoms with Crippen molar-refractivity contribution < 1.29 is 4.74 Å². The standard InChI is InChI=1S/C18H25NO/c1-6-12-19(13-7-1)16-14-18(10-4-5-11-18)20-17-9-3-2-8-15(16)17/h2-3,8-9,16H,1,4-7,10-14H2. The first kappa shape index (κ1) is 12.7. The second-order valence-electron chi connectivity index (χ2n) is 6.85. The molecule has 0 bridgehead atoms. The van der Waals surface area contributed by atoms with Gasteiger partial charge in [0.15, 0.2) is 0 Å². The van der Waals surface area contributed by atoms with Crippen molar-refractivity contribution >= 4 is 0 Å². The number of para-hydroxylation sites is 1. The Hall–Kier alpha value is -1.02. The third-order valence-electron chi connectivity index (χ3n) is 5.52. The van der Waals surface area contributed by atoms with Gasteiger partial charge < -0.3 is 4.74 Å². The topological polar surface area (TPSA) is 12.5 Å². The summed E-state index contributed by atoms with van der Waals surface area (Å²) < 4.78 is 6.47. The Morgan fingerprint density at radius 1 is 0.950 bits per heavy atom. The number of hydrogen-bond donors (Lipinski definition) is 0. The van der Waals surface area contributed by atoms with Crippen LogP contribution in [0.25, 0.3) is 0 Å². The average Bonchev–Trinajstić information content (AvgIpc) is 2.95. The zero-order chi connectivity index (χ0) is 13.4. The lowest BCUT2D eigenvalue weighted by Gasteiger charge is -2.45. The zero-order valence-electron chi connectivity index (χ0n) is 12.3. The highest BCUT2D eigenvalue weighted by atomic mass is 16.5. The molecule has 0 aromatic heterocycles. The van der Waals surface area contributed by atoms with Crippen LogP contribution in [-0.2, 0) is 0 Å². The molecule has 0 amide bonds. The van der Waals surface area contributed by atoms with Gasteiger partial charge in [0.1, 0.15) is 11.4 Å². The number of ether oxygens (including phenoxy) is 1. The molecule has 1 aliphatic carbocycles. The molecule has 1 saturated carbocycles. The Kier molecular flexibility index (Phi) is 3.22. The minimum Gasteiger partial charge on any atom is -0.487 e. The van der Waals surface area contributed by atoms with Crippen LogP contribution >= 0.6 is 0 Å². The Labute approximate surface area is 122 Å². The highest BCUT2D eigenvalue weighted by Crippen LogP contribution is 2.49. The van der Waals surface area contributed by atoms with Gasteiger partial charge >= 0.3 is 0 Å². The highest BCUT2D eigenvalue weighted by Gasteiger charge is 2.44. The normalized spacial score (nSPS) is 29.1. The van der Waals surface area contributed by atoms with Crippen LogP contribution in [0.4, 0.5) is 0 Å². The van der Waals surface area contributed by atoms with E-state index in [4.69, 9.17) is 4.74 Å². The third kappa shape index (κ3) is 2.14. The number of likely N-dealkylation sites (tertiary alicyclic amines) is 1. The van der Waals surface area contributed by atoms with Crippen LogP contribution in [0.3, 0.4) is 0 Å². The fourth-order valence-corrected chi connectivity index (χ4v) is 4.47. The van der Waals surface area contributed by atoms with Gasteiger partial charge in [-0.05, 0) is 57.7 Å². The first-order chi connectivity index (χ1) is 9.86. The zero-order valence-corrected chi connectivity index (χ0v) is 12.3. The number of rotatable bonds is 1. The quantitative estimate of drug-likeness (QED) is 0.754. The van der Waals surface area contributed by atoms with Crippen molar-refractivity contribution in [3.05, 3.63) is 29.8 Å². The SMILES string of the molecule is c1ccc2c(c1)OC1(CCCC1)CC2N1CCCCC1. The molecule has 2 heterocycles. The first-order valence-corrected chi connectivity index (χ1v) is 8.38. The van der Waals surface area contributed by atoms with E-state index >= 15 is 0 Å². The second kappa shape index (κ2) is 5.07. The van der Waals surface area contributed by atoms with Crippen molar-refractivity contribution in [3.63, 3.8) is 0 Å². The van der Waals surface area contributed by atoms with Crippen LogP contribution < -0.4 is 4.74 Å². The summed E-state index contributed by atoms with van der Waals surface area (Å²) in [5.74, 6) is 1.16. The predicted molar refractivity (Wildman–Crippen MR) is 81.1 cm³/mol. The van der Waals surface area contributed by atoms with E-state index in [2.05, 4.69) is 29.2 Å². The monoisotopic (exact) mass is 271 g/mol. The van der Waals surface area contributed by atoms with Crippen LogP contribution in [0.15, 0.2) is 24.3 Å². The Balaban J connectivity index is 1.68. The van der Waals surface area contributed by atoms with Crippen LogP contribution in [0.5, 0.6) is 5.75 Å². The maximum Gasteiger partial charge on any atom is 0.124 e. The van der Waals surface area contributed by atoms with E-state index in [9.17, 15) is 0 Å². The maximum atomic E-state index is 6.47. The van der Waals surface area contributed by atoms with Crippen molar-refractivity contribution in [2.24, 2.45) is 0 Å². The molecule has 2 nitrogen and oxygen atoms in total. The summed E-state index contributed by atoms with van der Waals surface area (Å²) in [5, 5.41) is 0. The molecule has 4 rings (SSSR count). The molecule has 2 heteroatoms. The first-order valence-electron chi connectivity index (χ1n) is 8.38. The van der Waals surface area contributed by atoms with Gasteiger partial charge in [0.05, 0.1) is 0 Å². The molecule has 1 aromatic rings. The molecule has 1 unspecified atom stereocenters. The Morgan fingerprint density at radius 2 is 1.70 bits per heavy atom. The van der Waals surface area contributed by atoms with Crippen molar-refractivity contribution in [2.45, 2.75) is 63.0 Å². The number of benzene rings is 1. The summed E-state index contributed by atoms with van der Waals surface area (Å²) in [6, 6.07) is 9.37. The lowest BCUT2D eigenvalue weighted by atomic mass is 9.84. The Morgan fingerprint density at radius 3 is 2.50 bits per heavy atom. The Bertz CT molecular complexity index is 472. The van der Waals surface area contributed by atoms with Crippen LogP contribution in [0.2, 0.25) is 0 Å². The highest BCUT2D eigenvalue weighted by molar-refractivity contribution is 5.39. The predicted octanol–water partition coefficient (Wildman–Crippen LogP) is 4.31. The summed E-state index contributed by atoms with van der Waals surface area (Å²) in [7, 11) is 0. The molecule has 1 saturated heterocycles. The number of hydrogen-bond acceptors (Lipinski definition) is 2. The molecular formula is C18H25NO. The van der Waals surface area contributed by atoms with Crippen molar-refractivity contribution in [2.75, 3.05) is 13.1 Å². The van der Waals surface area contributed by atoms with Gasteiger partial charge in [-0.3, -0.25) is 4.90 Å². The summed E-state index contributed by atoms with van der Waals surface area (Å²) in [5.41, 5.74) is 1.59. The molecule has 2 aliphatic heterocycles. The molecule has 108 valence electrons. The molecule has 2 fully saturated rings. The average molecular weight is 271 g/mol. The minimum atomic E-state index is 0.149. The molecule has 1 atom stereocenters. The van der Waals surface area contributed by atoms with E-state index in [0.29, 0.717) is 6.04 Å².